The van der Waals surface area contributed by atoms with Crippen LogP contribution >= 0.6 is 0 Å². The molecule has 0 amide bonds. The van der Waals surface area contributed by atoms with Gasteiger partial charge in [-0.3, -0.25) is 4.79 Å². The van der Waals surface area contributed by atoms with E-state index in [1.54, 1.807) is 0 Å². The van der Waals surface area contributed by atoms with E-state index in [0.29, 0.717) is 30.5 Å². The zero-order valence-corrected chi connectivity index (χ0v) is 6.77. The van der Waals surface area contributed by atoms with E-state index in [1.807, 2.05) is 0 Å². The van der Waals surface area contributed by atoms with Crippen molar-refractivity contribution in [1.82, 2.24) is 0 Å². The summed E-state index contributed by atoms with van der Waals surface area (Å²) in [4.78, 5) is 10.9. The second kappa shape index (κ2) is 2.02. The molecule has 3 aliphatic rings. The summed E-state index contributed by atoms with van der Waals surface area (Å²) in [6, 6.07) is 0. The van der Waals surface area contributed by atoms with Crippen LogP contribution in [-0.2, 0) is 9.53 Å². The van der Waals surface area contributed by atoms with Gasteiger partial charge in [-0.15, -0.1) is 0 Å². The summed E-state index contributed by atoms with van der Waals surface area (Å²) in [6.07, 6.45) is 2.51. The summed E-state index contributed by atoms with van der Waals surface area (Å²) >= 11 is 0. The molecule has 2 saturated carbocycles. The molecule has 0 aromatic carbocycles. The van der Waals surface area contributed by atoms with E-state index in [4.69, 9.17) is 9.84 Å². The van der Waals surface area contributed by atoms with Crippen molar-refractivity contribution in [3.05, 3.63) is 0 Å². The van der Waals surface area contributed by atoms with Gasteiger partial charge in [0.15, 0.2) is 0 Å². The van der Waals surface area contributed by atoms with Crippen molar-refractivity contribution in [2.45, 2.75) is 18.9 Å². The fourth-order valence-electron chi connectivity index (χ4n) is 3.47. The highest BCUT2D eigenvalue weighted by molar-refractivity contribution is 5.71. The largest absolute Gasteiger partial charge is 0.481 e. The highest BCUT2D eigenvalue weighted by Gasteiger charge is 2.59. The van der Waals surface area contributed by atoms with Crippen molar-refractivity contribution in [2.75, 3.05) is 6.61 Å². The molecule has 0 spiro atoms. The Morgan fingerprint density at radius 3 is 2.92 bits per heavy atom. The lowest BCUT2D eigenvalue weighted by molar-refractivity contribution is -0.144. The molecule has 3 heteroatoms. The lowest BCUT2D eigenvalue weighted by Gasteiger charge is -2.22. The molecule has 66 valence electrons. The summed E-state index contributed by atoms with van der Waals surface area (Å²) in [5, 5.41) is 9.00. The number of carboxylic acid groups (broad SMARTS) is 1. The molecule has 3 fully saturated rings. The van der Waals surface area contributed by atoms with Crippen molar-refractivity contribution in [3.8, 4) is 0 Å². The molecule has 1 aliphatic heterocycles. The first-order chi connectivity index (χ1) is 5.77. The third-order valence-corrected chi connectivity index (χ3v) is 3.89. The first-order valence-corrected chi connectivity index (χ1v) is 4.62. The van der Waals surface area contributed by atoms with Gasteiger partial charge in [0.2, 0.25) is 0 Å². The van der Waals surface area contributed by atoms with Crippen LogP contribution < -0.4 is 0 Å². The van der Waals surface area contributed by atoms with Gasteiger partial charge in [-0.05, 0) is 24.7 Å². The normalized spacial score (nSPS) is 54.8. The molecule has 1 N–H and O–H groups in total. The third kappa shape index (κ3) is 0.637. The van der Waals surface area contributed by atoms with E-state index in [1.165, 1.54) is 0 Å². The van der Waals surface area contributed by atoms with E-state index in [0.717, 1.165) is 12.8 Å². The van der Waals surface area contributed by atoms with Gasteiger partial charge in [0, 0.05) is 5.92 Å². The maximum atomic E-state index is 10.9. The Bertz CT molecular complexity index is 236. The van der Waals surface area contributed by atoms with E-state index in [2.05, 4.69) is 0 Å². The fraction of sp³-hybridized carbons (Fsp3) is 0.889. The van der Waals surface area contributed by atoms with Crippen molar-refractivity contribution in [1.29, 1.82) is 0 Å². The predicted octanol–water partition coefficient (Wildman–Crippen LogP) is 0.742. The van der Waals surface area contributed by atoms with Crippen molar-refractivity contribution >= 4 is 5.97 Å². The second-order valence-electron chi connectivity index (χ2n) is 4.29. The Hall–Kier alpha value is -0.570. The number of fused-ring (bicyclic) bond motifs is 1. The Kier molecular flexibility index (Phi) is 1.16. The molecule has 2 aliphatic carbocycles. The summed E-state index contributed by atoms with van der Waals surface area (Å²) in [5.41, 5.74) is 0. The minimum absolute atomic E-state index is 0.0891. The topological polar surface area (TPSA) is 46.5 Å². The average molecular weight is 168 g/mol. The Morgan fingerprint density at radius 1 is 1.33 bits per heavy atom. The summed E-state index contributed by atoms with van der Waals surface area (Å²) in [7, 11) is 0. The highest BCUT2D eigenvalue weighted by Crippen LogP contribution is 2.57. The van der Waals surface area contributed by atoms with Gasteiger partial charge in [-0.1, -0.05) is 0 Å². The number of carboxylic acids is 1. The summed E-state index contributed by atoms with van der Waals surface area (Å²) in [5.74, 6) is 0.651. The molecule has 3 rings (SSSR count). The van der Waals surface area contributed by atoms with Crippen LogP contribution in [0.5, 0.6) is 0 Å². The molecule has 0 aromatic rings. The number of carbonyl (C=O) groups is 1. The summed E-state index contributed by atoms with van der Waals surface area (Å²) < 4.78 is 5.55. The van der Waals surface area contributed by atoms with Gasteiger partial charge in [0.1, 0.15) is 0 Å². The van der Waals surface area contributed by atoms with Crippen molar-refractivity contribution in [2.24, 2.45) is 23.7 Å². The lowest BCUT2D eigenvalue weighted by atomic mass is 9.80. The van der Waals surface area contributed by atoms with Gasteiger partial charge in [0.05, 0.1) is 18.6 Å². The van der Waals surface area contributed by atoms with Crippen LogP contribution in [0.1, 0.15) is 12.8 Å². The monoisotopic (exact) mass is 168 g/mol. The van der Waals surface area contributed by atoms with E-state index in [9.17, 15) is 4.79 Å². The Labute approximate surface area is 70.7 Å². The second-order valence-corrected chi connectivity index (χ2v) is 4.29. The third-order valence-electron chi connectivity index (χ3n) is 3.89. The number of ether oxygens (including phenoxy) is 1. The number of hydrogen-bond donors (Lipinski definition) is 1. The molecule has 1 heterocycles. The number of aliphatic carboxylic acids is 1. The van der Waals surface area contributed by atoms with Gasteiger partial charge in [-0.2, -0.15) is 0 Å². The number of hydrogen-bond acceptors (Lipinski definition) is 2. The van der Waals surface area contributed by atoms with Crippen LogP contribution in [0.2, 0.25) is 0 Å². The minimum atomic E-state index is -0.601. The van der Waals surface area contributed by atoms with Crippen LogP contribution in [0.3, 0.4) is 0 Å². The quantitative estimate of drug-likeness (QED) is 0.628. The first kappa shape index (κ1) is 6.89. The molecule has 5 atom stereocenters. The maximum Gasteiger partial charge on any atom is 0.307 e. The van der Waals surface area contributed by atoms with E-state index < -0.39 is 5.97 Å². The zero-order valence-electron chi connectivity index (χ0n) is 6.77. The van der Waals surface area contributed by atoms with Gasteiger partial charge < -0.3 is 9.84 Å². The van der Waals surface area contributed by atoms with E-state index in [-0.39, 0.29) is 5.92 Å². The molecule has 12 heavy (non-hydrogen) atoms. The number of rotatable bonds is 1. The SMILES string of the molecule is O=C(O)C1C2CC3OCC1C3C2. The van der Waals surface area contributed by atoms with Gasteiger partial charge >= 0.3 is 5.97 Å². The van der Waals surface area contributed by atoms with Crippen LogP contribution in [0.25, 0.3) is 0 Å². The van der Waals surface area contributed by atoms with Crippen LogP contribution in [-0.4, -0.2) is 23.8 Å². The van der Waals surface area contributed by atoms with Gasteiger partial charge in [0.25, 0.3) is 0 Å². The van der Waals surface area contributed by atoms with E-state index >= 15 is 0 Å². The molecule has 5 unspecified atom stereocenters. The molecule has 2 bridgehead atoms. The van der Waals surface area contributed by atoms with Crippen molar-refractivity contribution < 1.29 is 14.6 Å². The van der Waals surface area contributed by atoms with Crippen molar-refractivity contribution in [3.63, 3.8) is 0 Å². The fourth-order valence-corrected chi connectivity index (χ4v) is 3.47. The predicted molar refractivity (Wildman–Crippen MR) is 40.6 cm³/mol. The van der Waals surface area contributed by atoms with Gasteiger partial charge in [-0.25, -0.2) is 0 Å². The smallest absolute Gasteiger partial charge is 0.307 e. The highest BCUT2D eigenvalue weighted by atomic mass is 16.5. The summed E-state index contributed by atoms with van der Waals surface area (Å²) in [6.45, 7) is 0.697. The molecule has 3 nitrogen and oxygen atoms in total. The molecular weight excluding hydrogens is 156 g/mol. The molecule has 0 radical (unpaired) electrons. The Balaban J connectivity index is 1.95. The Morgan fingerprint density at radius 2 is 2.17 bits per heavy atom. The maximum absolute atomic E-state index is 10.9. The minimum Gasteiger partial charge on any atom is -0.481 e. The first-order valence-electron chi connectivity index (χ1n) is 4.62. The molecular formula is C9H12O3. The molecule has 0 aromatic heterocycles. The zero-order chi connectivity index (χ0) is 8.29. The average Bonchev–Trinajstić information content (AvgIpc) is 2.54. The van der Waals surface area contributed by atoms with Crippen LogP contribution in [0.4, 0.5) is 0 Å². The lowest BCUT2D eigenvalue weighted by Crippen LogP contribution is -2.30. The molecule has 1 saturated heterocycles. The van der Waals surface area contributed by atoms with Crippen LogP contribution in [0, 0.1) is 23.7 Å². The van der Waals surface area contributed by atoms with Crippen LogP contribution in [0.15, 0.2) is 0 Å². The standard InChI is InChI=1S/C9H12O3/c10-9(11)8-4-1-5-6(8)3-12-7(5)2-4/h4-8H,1-3H2,(H,10,11).